The summed E-state index contributed by atoms with van der Waals surface area (Å²) < 4.78 is 1.65. The quantitative estimate of drug-likeness (QED) is 0.437. The Hall–Kier alpha value is -2.83. The molecule has 30 heavy (non-hydrogen) atoms. The number of aromatic hydroxyl groups is 1. The van der Waals surface area contributed by atoms with Crippen LogP contribution in [0.15, 0.2) is 53.7 Å². The Balaban J connectivity index is 0.00000218. The number of hydrogen-bond acceptors (Lipinski definition) is 4. The van der Waals surface area contributed by atoms with Gasteiger partial charge in [0.25, 0.3) is 5.56 Å². The standard InChI is InChI=1S/C23H24N4O2.ClH/c28-22-13-25-12-20-19(22)6-7-27(23(20)29)14-16-4-5-17-9-18(26-21(17)8-16)11-24-10-15-2-1-3-15;/h4-9,12-13,15,24,26,28H,1-3,10-11,14H2;1H. The number of pyridine rings is 2. The SMILES string of the molecule is Cl.O=c1c2cncc(O)c2ccn1Cc1ccc2cc(CNCC3CCC3)[nH]c2c1. The molecule has 3 aromatic heterocycles. The highest BCUT2D eigenvalue weighted by atomic mass is 35.5. The molecule has 0 radical (unpaired) electrons. The fourth-order valence-electron chi connectivity index (χ4n) is 4.05. The summed E-state index contributed by atoms with van der Waals surface area (Å²) >= 11 is 0. The predicted molar refractivity (Wildman–Crippen MR) is 121 cm³/mol. The molecule has 6 nitrogen and oxygen atoms in total. The van der Waals surface area contributed by atoms with E-state index in [9.17, 15) is 9.90 Å². The van der Waals surface area contributed by atoms with Crippen LogP contribution in [0, 0.1) is 5.92 Å². The van der Waals surface area contributed by atoms with E-state index in [0.29, 0.717) is 17.3 Å². The van der Waals surface area contributed by atoms with Crippen LogP contribution in [0.5, 0.6) is 5.75 Å². The largest absolute Gasteiger partial charge is 0.506 e. The van der Waals surface area contributed by atoms with Gasteiger partial charge >= 0.3 is 0 Å². The zero-order chi connectivity index (χ0) is 19.8. The number of hydrogen-bond donors (Lipinski definition) is 3. The fraction of sp³-hybridized carbons (Fsp3) is 0.304. The minimum atomic E-state index is -0.154. The van der Waals surface area contributed by atoms with Gasteiger partial charge < -0.3 is 20.0 Å². The molecule has 1 aliphatic carbocycles. The molecule has 4 aromatic rings. The molecule has 1 aromatic carbocycles. The summed E-state index contributed by atoms with van der Waals surface area (Å²) in [5, 5.41) is 15.6. The number of halogens is 1. The summed E-state index contributed by atoms with van der Waals surface area (Å²) in [5.74, 6) is 0.876. The van der Waals surface area contributed by atoms with Crippen LogP contribution in [0.25, 0.3) is 21.7 Å². The minimum Gasteiger partial charge on any atom is -0.506 e. The molecule has 0 spiro atoms. The Kier molecular flexibility index (Phi) is 5.79. The molecule has 1 aliphatic rings. The van der Waals surface area contributed by atoms with Gasteiger partial charge in [0.2, 0.25) is 0 Å². The maximum atomic E-state index is 12.8. The first-order valence-electron chi connectivity index (χ1n) is 10.1. The molecule has 1 fully saturated rings. The Labute approximate surface area is 180 Å². The number of benzene rings is 1. The van der Waals surface area contributed by atoms with E-state index in [4.69, 9.17) is 0 Å². The van der Waals surface area contributed by atoms with Gasteiger partial charge in [0.15, 0.2) is 0 Å². The van der Waals surface area contributed by atoms with Gasteiger partial charge in [0.1, 0.15) is 5.75 Å². The normalized spacial score (nSPS) is 14.0. The number of aromatic amines is 1. The van der Waals surface area contributed by atoms with E-state index >= 15 is 0 Å². The summed E-state index contributed by atoms with van der Waals surface area (Å²) in [6, 6.07) is 10.2. The molecule has 1 saturated carbocycles. The van der Waals surface area contributed by atoms with Crippen LogP contribution >= 0.6 is 12.4 Å². The highest BCUT2D eigenvalue weighted by Gasteiger charge is 2.16. The third kappa shape index (κ3) is 3.93. The van der Waals surface area contributed by atoms with Gasteiger partial charge in [-0.3, -0.25) is 9.78 Å². The molecule has 0 saturated heterocycles. The predicted octanol–water partition coefficient (Wildman–Crippen LogP) is 3.94. The Bertz CT molecular complexity index is 1240. The lowest BCUT2D eigenvalue weighted by atomic mass is 9.85. The van der Waals surface area contributed by atoms with Crippen LogP contribution in [-0.2, 0) is 13.1 Å². The van der Waals surface area contributed by atoms with Crippen molar-refractivity contribution in [3.8, 4) is 5.75 Å². The van der Waals surface area contributed by atoms with Gasteiger partial charge in [0, 0.05) is 35.5 Å². The van der Waals surface area contributed by atoms with Crippen molar-refractivity contribution in [2.24, 2.45) is 5.92 Å². The number of rotatable bonds is 6. The van der Waals surface area contributed by atoms with E-state index in [0.717, 1.165) is 30.1 Å². The van der Waals surface area contributed by atoms with Gasteiger partial charge in [0.05, 0.1) is 18.1 Å². The second-order valence-electron chi connectivity index (χ2n) is 8.01. The molecule has 0 atom stereocenters. The summed E-state index contributed by atoms with van der Waals surface area (Å²) in [5.41, 5.74) is 3.15. The molecule has 0 unspecified atom stereocenters. The molecule has 7 heteroatoms. The van der Waals surface area contributed by atoms with Gasteiger partial charge in [-0.25, -0.2) is 0 Å². The van der Waals surface area contributed by atoms with Crippen molar-refractivity contribution in [3.63, 3.8) is 0 Å². The lowest BCUT2D eigenvalue weighted by molar-refractivity contribution is 0.301. The topological polar surface area (TPSA) is 82.9 Å². The maximum Gasteiger partial charge on any atom is 0.260 e. The van der Waals surface area contributed by atoms with Crippen LogP contribution in [0.2, 0.25) is 0 Å². The Morgan fingerprint density at radius 3 is 2.83 bits per heavy atom. The molecule has 0 aliphatic heterocycles. The molecule has 5 rings (SSSR count). The zero-order valence-corrected chi connectivity index (χ0v) is 17.4. The average Bonchev–Trinajstić information content (AvgIpc) is 3.08. The second-order valence-corrected chi connectivity index (χ2v) is 8.01. The van der Waals surface area contributed by atoms with Crippen molar-refractivity contribution in [2.45, 2.75) is 32.4 Å². The fourth-order valence-corrected chi connectivity index (χ4v) is 4.05. The molecule has 0 amide bonds. The van der Waals surface area contributed by atoms with Gasteiger partial charge in [-0.2, -0.15) is 0 Å². The summed E-state index contributed by atoms with van der Waals surface area (Å²) in [4.78, 5) is 20.2. The lowest BCUT2D eigenvalue weighted by Gasteiger charge is -2.25. The van der Waals surface area contributed by atoms with Crippen LogP contribution in [0.1, 0.15) is 30.5 Å². The van der Waals surface area contributed by atoms with Crippen LogP contribution < -0.4 is 10.9 Å². The van der Waals surface area contributed by atoms with E-state index in [1.807, 2.05) is 0 Å². The molecule has 3 N–H and O–H groups in total. The molecule has 3 heterocycles. The number of aromatic nitrogens is 3. The van der Waals surface area contributed by atoms with E-state index in [2.05, 4.69) is 39.6 Å². The van der Waals surface area contributed by atoms with Crippen molar-refractivity contribution in [2.75, 3.05) is 6.54 Å². The van der Waals surface area contributed by atoms with Crippen molar-refractivity contribution in [3.05, 3.63) is 70.5 Å². The molecule has 156 valence electrons. The van der Waals surface area contributed by atoms with E-state index in [-0.39, 0.29) is 23.7 Å². The Morgan fingerprint density at radius 1 is 1.17 bits per heavy atom. The molecular formula is C23H25ClN4O2. The average molecular weight is 425 g/mol. The second kappa shape index (κ2) is 8.50. The number of fused-ring (bicyclic) bond motifs is 2. The van der Waals surface area contributed by atoms with E-state index in [1.54, 1.807) is 16.8 Å². The monoisotopic (exact) mass is 424 g/mol. The van der Waals surface area contributed by atoms with Gasteiger partial charge in [-0.05, 0) is 54.5 Å². The zero-order valence-electron chi connectivity index (χ0n) is 16.6. The van der Waals surface area contributed by atoms with Crippen molar-refractivity contribution in [1.29, 1.82) is 0 Å². The number of nitrogens with one attached hydrogen (secondary N) is 2. The highest BCUT2D eigenvalue weighted by molar-refractivity contribution is 5.86. The first-order valence-corrected chi connectivity index (χ1v) is 10.1. The number of H-pyrrole nitrogens is 1. The van der Waals surface area contributed by atoms with Crippen LogP contribution in [0.4, 0.5) is 0 Å². The lowest BCUT2D eigenvalue weighted by Crippen LogP contribution is -2.26. The Morgan fingerprint density at radius 2 is 2.03 bits per heavy atom. The van der Waals surface area contributed by atoms with E-state index < -0.39 is 0 Å². The highest BCUT2D eigenvalue weighted by Crippen LogP contribution is 2.25. The first kappa shape index (κ1) is 20.4. The minimum absolute atomic E-state index is 0. The summed E-state index contributed by atoms with van der Waals surface area (Å²) in [6.45, 7) is 2.41. The third-order valence-electron chi connectivity index (χ3n) is 5.95. The smallest absolute Gasteiger partial charge is 0.260 e. The summed E-state index contributed by atoms with van der Waals surface area (Å²) in [6.07, 6.45) is 8.66. The van der Waals surface area contributed by atoms with Gasteiger partial charge in [-0.15, -0.1) is 12.4 Å². The molecular weight excluding hydrogens is 400 g/mol. The van der Waals surface area contributed by atoms with Crippen molar-refractivity contribution in [1.82, 2.24) is 19.9 Å². The third-order valence-corrected chi connectivity index (χ3v) is 5.95. The van der Waals surface area contributed by atoms with E-state index in [1.165, 1.54) is 42.7 Å². The van der Waals surface area contributed by atoms with Crippen molar-refractivity contribution >= 4 is 34.1 Å². The number of nitrogens with zero attached hydrogens (tertiary/aromatic N) is 2. The first-order chi connectivity index (χ1) is 14.2. The van der Waals surface area contributed by atoms with Crippen molar-refractivity contribution < 1.29 is 5.11 Å². The maximum absolute atomic E-state index is 12.8. The molecule has 0 bridgehead atoms. The summed E-state index contributed by atoms with van der Waals surface area (Å²) in [7, 11) is 0. The van der Waals surface area contributed by atoms with Gasteiger partial charge in [-0.1, -0.05) is 18.6 Å². The van der Waals surface area contributed by atoms with Crippen LogP contribution in [-0.4, -0.2) is 26.2 Å². The van der Waals surface area contributed by atoms with Crippen LogP contribution in [0.3, 0.4) is 0 Å².